The van der Waals surface area contributed by atoms with Gasteiger partial charge in [0.1, 0.15) is 24.4 Å². The molecule has 2 aromatic carbocycles. The van der Waals surface area contributed by atoms with Crippen LogP contribution in [0.3, 0.4) is 0 Å². The van der Waals surface area contributed by atoms with Crippen molar-refractivity contribution in [1.82, 2.24) is 0 Å². The summed E-state index contributed by atoms with van der Waals surface area (Å²) in [6, 6.07) is 12.0. The first-order valence-electron chi connectivity index (χ1n) is 9.75. The highest BCUT2D eigenvalue weighted by Crippen LogP contribution is 2.39. The van der Waals surface area contributed by atoms with Gasteiger partial charge in [0.25, 0.3) is 0 Å². The van der Waals surface area contributed by atoms with Crippen molar-refractivity contribution in [1.29, 1.82) is 0 Å². The summed E-state index contributed by atoms with van der Waals surface area (Å²) in [5.74, 6) is -2.42. The Hall–Kier alpha value is -1.88. The molecule has 0 aliphatic carbocycles. The van der Waals surface area contributed by atoms with Crippen molar-refractivity contribution in [2.45, 2.75) is 62.9 Å². The number of aliphatic hydroxyl groups excluding tert-OH is 6. The van der Waals surface area contributed by atoms with Crippen LogP contribution in [0.1, 0.15) is 34.7 Å². The minimum absolute atomic E-state index is 0.0859. The van der Waals surface area contributed by atoms with Gasteiger partial charge in [0.05, 0.1) is 19.3 Å². The van der Waals surface area contributed by atoms with Crippen LogP contribution in [-0.2, 0) is 30.2 Å². The molecule has 7 N–H and O–H groups in total. The van der Waals surface area contributed by atoms with E-state index in [1.165, 1.54) is 13.0 Å². The first-order chi connectivity index (χ1) is 14.2. The average molecular weight is 420 g/mol. The predicted molar refractivity (Wildman–Crippen MR) is 106 cm³/mol. The summed E-state index contributed by atoms with van der Waals surface area (Å²) in [6.07, 6.45) is -7.52. The molecule has 164 valence electrons. The van der Waals surface area contributed by atoms with E-state index in [1.54, 1.807) is 24.3 Å². The van der Waals surface area contributed by atoms with E-state index in [0.717, 1.165) is 11.1 Å². The third-order valence-electron chi connectivity index (χ3n) is 5.55. The molecule has 1 aliphatic rings. The van der Waals surface area contributed by atoms with E-state index in [0.29, 0.717) is 17.5 Å². The first kappa shape index (κ1) is 22.8. The Labute approximate surface area is 174 Å². The molecule has 0 bridgehead atoms. The fourth-order valence-corrected chi connectivity index (χ4v) is 3.76. The molecule has 0 amide bonds. The third kappa shape index (κ3) is 4.27. The Morgan fingerprint density at radius 2 is 1.47 bits per heavy atom. The molecule has 1 fully saturated rings. The number of aliphatic hydroxyl groups is 7. The summed E-state index contributed by atoms with van der Waals surface area (Å²) in [4.78, 5) is 0. The fraction of sp³-hybridized carbons (Fsp3) is 0.455. The maximum absolute atomic E-state index is 11.3. The molecule has 0 spiro atoms. The number of ether oxygens (including phenoxy) is 1. The van der Waals surface area contributed by atoms with Gasteiger partial charge in [-0.25, -0.2) is 0 Å². The number of rotatable bonds is 6. The Bertz CT molecular complexity index is 853. The highest BCUT2D eigenvalue weighted by Gasteiger charge is 2.55. The minimum Gasteiger partial charge on any atom is -0.392 e. The largest absolute Gasteiger partial charge is 0.392 e. The van der Waals surface area contributed by atoms with Gasteiger partial charge in [-0.2, -0.15) is 0 Å². The summed E-state index contributed by atoms with van der Waals surface area (Å²) < 4.78 is 5.56. The van der Waals surface area contributed by atoms with Crippen LogP contribution in [-0.4, -0.2) is 66.3 Å². The summed E-state index contributed by atoms with van der Waals surface area (Å²) >= 11 is 0. The van der Waals surface area contributed by atoms with Crippen LogP contribution >= 0.6 is 0 Å². The van der Waals surface area contributed by atoms with E-state index >= 15 is 0 Å². The molecule has 0 aromatic heterocycles. The zero-order chi connectivity index (χ0) is 22.1. The molecule has 1 heterocycles. The van der Waals surface area contributed by atoms with Crippen molar-refractivity contribution in [2.75, 3.05) is 0 Å². The summed E-state index contributed by atoms with van der Waals surface area (Å²) in [5, 5.41) is 71.0. The maximum Gasteiger partial charge on any atom is 0.222 e. The molecule has 0 radical (unpaired) electrons. The van der Waals surface area contributed by atoms with Crippen LogP contribution in [0.2, 0.25) is 0 Å². The van der Waals surface area contributed by atoms with E-state index < -0.39 is 36.3 Å². The van der Waals surface area contributed by atoms with Crippen LogP contribution < -0.4 is 0 Å². The van der Waals surface area contributed by atoms with Crippen LogP contribution in [0.15, 0.2) is 42.5 Å². The molecule has 1 saturated heterocycles. The minimum atomic E-state index is -2.42. The Morgan fingerprint density at radius 3 is 2.03 bits per heavy atom. The molecule has 3 rings (SSSR count). The highest BCUT2D eigenvalue weighted by atomic mass is 16.7. The molecule has 0 unspecified atom stereocenters. The molecular formula is C22H28O8. The quantitative estimate of drug-likeness (QED) is 0.323. The van der Waals surface area contributed by atoms with Crippen molar-refractivity contribution >= 4 is 0 Å². The van der Waals surface area contributed by atoms with Crippen LogP contribution in [0.4, 0.5) is 0 Å². The average Bonchev–Trinajstić information content (AvgIpc) is 2.75. The van der Waals surface area contributed by atoms with Gasteiger partial charge in [-0.05, 0) is 41.7 Å². The molecule has 8 nitrogen and oxygen atoms in total. The van der Waals surface area contributed by atoms with E-state index in [4.69, 9.17) is 4.74 Å². The summed E-state index contributed by atoms with van der Waals surface area (Å²) in [6.45, 7) is 0.930. The number of hydrogen-bond acceptors (Lipinski definition) is 8. The Balaban J connectivity index is 2.05. The van der Waals surface area contributed by atoms with Crippen molar-refractivity contribution in [3.8, 4) is 0 Å². The van der Waals surface area contributed by atoms with Crippen molar-refractivity contribution in [3.05, 3.63) is 70.3 Å². The molecule has 0 saturated carbocycles. The number of benzene rings is 2. The second-order valence-corrected chi connectivity index (χ2v) is 7.75. The second-order valence-electron chi connectivity index (χ2n) is 7.75. The zero-order valence-electron chi connectivity index (χ0n) is 16.6. The fourth-order valence-electron chi connectivity index (χ4n) is 3.76. The Kier molecular flexibility index (Phi) is 6.91. The van der Waals surface area contributed by atoms with E-state index in [2.05, 4.69) is 0 Å². The van der Waals surface area contributed by atoms with Gasteiger partial charge in [0.15, 0.2) is 0 Å². The lowest BCUT2D eigenvalue weighted by molar-refractivity contribution is -0.364. The first-order valence-corrected chi connectivity index (χ1v) is 9.75. The Morgan fingerprint density at radius 1 is 0.900 bits per heavy atom. The van der Waals surface area contributed by atoms with Gasteiger partial charge in [0, 0.05) is 5.56 Å². The molecule has 1 aliphatic heterocycles. The SMILES string of the molecule is C[C@H](O)[C@H]1O[C@](O)(c2cc(CO)ccc2Cc2ccc(CO)cc2)[C@H](O)[C@@H](O)[C@@H]1O. The van der Waals surface area contributed by atoms with Gasteiger partial charge in [-0.1, -0.05) is 36.4 Å². The highest BCUT2D eigenvalue weighted by molar-refractivity contribution is 5.40. The normalized spacial score (nSPS) is 30.3. The lowest BCUT2D eigenvalue weighted by atomic mass is 9.83. The third-order valence-corrected chi connectivity index (χ3v) is 5.55. The van der Waals surface area contributed by atoms with Gasteiger partial charge >= 0.3 is 0 Å². The van der Waals surface area contributed by atoms with Gasteiger partial charge in [-0.15, -0.1) is 0 Å². The number of hydrogen-bond donors (Lipinski definition) is 7. The van der Waals surface area contributed by atoms with E-state index in [9.17, 15) is 35.7 Å². The molecule has 6 atom stereocenters. The summed E-state index contributed by atoms with van der Waals surface area (Å²) in [7, 11) is 0. The van der Waals surface area contributed by atoms with Crippen molar-refractivity contribution < 1.29 is 40.5 Å². The standard InChI is InChI=1S/C22H28O8/c1-12(25)20-18(26)19(27)21(28)22(29,30-20)17-9-15(11-24)6-7-16(17)8-13-2-4-14(10-23)5-3-13/h2-7,9,12,18-21,23-29H,8,10-11H2,1H3/t12-,18-,19-,20+,21+,22+/m0/s1. The van der Waals surface area contributed by atoms with Gasteiger partial charge in [0.2, 0.25) is 5.79 Å². The lowest BCUT2D eigenvalue weighted by Crippen LogP contribution is -2.65. The van der Waals surface area contributed by atoms with Crippen LogP contribution in [0.25, 0.3) is 0 Å². The van der Waals surface area contributed by atoms with Crippen molar-refractivity contribution in [2.24, 2.45) is 0 Å². The topological polar surface area (TPSA) is 151 Å². The van der Waals surface area contributed by atoms with Crippen LogP contribution in [0.5, 0.6) is 0 Å². The summed E-state index contributed by atoms with van der Waals surface area (Å²) in [5.41, 5.74) is 2.72. The molecule has 2 aromatic rings. The smallest absolute Gasteiger partial charge is 0.222 e. The maximum atomic E-state index is 11.3. The van der Waals surface area contributed by atoms with Crippen LogP contribution in [0, 0.1) is 0 Å². The van der Waals surface area contributed by atoms with E-state index in [1.807, 2.05) is 12.1 Å². The molecule has 30 heavy (non-hydrogen) atoms. The second kappa shape index (κ2) is 9.09. The van der Waals surface area contributed by atoms with Gasteiger partial charge < -0.3 is 40.5 Å². The zero-order valence-corrected chi connectivity index (χ0v) is 16.6. The molecule has 8 heteroatoms. The van der Waals surface area contributed by atoms with Crippen molar-refractivity contribution in [3.63, 3.8) is 0 Å². The van der Waals surface area contributed by atoms with E-state index in [-0.39, 0.29) is 18.8 Å². The lowest BCUT2D eigenvalue weighted by Gasteiger charge is -2.47. The predicted octanol–water partition coefficient (Wildman–Crippen LogP) is -0.731. The monoisotopic (exact) mass is 420 g/mol. The van der Waals surface area contributed by atoms with Gasteiger partial charge in [-0.3, -0.25) is 0 Å². The molecular weight excluding hydrogens is 392 g/mol.